The molecule has 4 heteroatoms. The Morgan fingerprint density at radius 1 is 1.00 bits per heavy atom. The lowest BCUT2D eigenvalue weighted by Gasteiger charge is -2.33. The first kappa shape index (κ1) is 21.0. The zero-order chi connectivity index (χ0) is 20.9. The van der Waals surface area contributed by atoms with Crippen LogP contribution >= 0.6 is 0 Å². The molecule has 1 aromatic heterocycles. The van der Waals surface area contributed by atoms with Gasteiger partial charge in [0.15, 0.2) is 0 Å². The molecule has 0 spiro atoms. The molecule has 160 valence electrons. The highest BCUT2D eigenvalue weighted by Gasteiger charge is 2.20. The van der Waals surface area contributed by atoms with Crippen LogP contribution < -0.4 is 4.74 Å². The van der Waals surface area contributed by atoms with Gasteiger partial charge in [0, 0.05) is 43.8 Å². The largest absolute Gasteiger partial charge is 0.497 e. The number of aryl methyl sites for hydroxylation is 1. The molecule has 1 aliphatic heterocycles. The van der Waals surface area contributed by atoms with E-state index in [1.165, 1.54) is 54.5 Å². The third-order valence-corrected chi connectivity index (χ3v) is 6.60. The fourth-order valence-electron chi connectivity index (χ4n) is 4.72. The molecule has 30 heavy (non-hydrogen) atoms. The number of ether oxygens (including phenoxy) is 1. The van der Waals surface area contributed by atoms with Crippen LogP contribution in [0.4, 0.5) is 0 Å². The van der Waals surface area contributed by atoms with E-state index in [1.807, 2.05) is 0 Å². The summed E-state index contributed by atoms with van der Waals surface area (Å²) in [6, 6.07) is 17.3. The van der Waals surface area contributed by atoms with Crippen molar-refractivity contribution < 1.29 is 4.74 Å². The van der Waals surface area contributed by atoms with Crippen molar-refractivity contribution in [1.82, 2.24) is 14.4 Å². The van der Waals surface area contributed by atoms with Crippen LogP contribution in [-0.4, -0.2) is 54.7 Å². The van der Waals surface area contributed by atoms with Gasteiger partial charge in [-0.25, -0.2) is 0 Å². The number of hydrogen-bond acceptors (Lipinski definition) is 3. The first-order valence-corrected chi connectivity index (χ1v) is 11.2. The summed E-state index contributed by atoms with van der Waals surface area (Å²) in [7, 11) is 6.13. The van der Waals surface area contributed by atoms with Gasteiger partial charge in [-0.2, -0.15) is 0 Å². The summed E-state index contributed by atoms with van der Waals surface area (Å²) in [5.74, 6) is 1.73. The second kappa shape index (κ2) is 9.67. The Kier molecular flexibility index (Phi) is 6.76. The highest BCUT2D eigenvalue weighted by atomic mass is 16.5. The Morgan fingerprint density at radius 3 is 2.47 bits per heavy atom. The van der Waals surface area contributed by atoms with Crippen molar-refractivity contribution in [2.24, 2.45) is 13.0 Å². The van der Waals surface area contributed by atoms with Crippen molar-refractivity contribution in [3.63, 3.8) is 0 Å². The lowest BCUT2D eigenvalue weighted by molar-refractivity contribution is 0.157. The molecule has 0 N–H and O–H groups in total. The summed E-state index contributed by atoms with van der Waals surface area (Å²) in [6.45, 7) is 5.75. The van der Waals surface area contributed by atoms with Gasteiger partial charge in [0.1, 0.15) is 5.75 Å². The number of hydrogen-bond donors (Lipinski definition) is 0. The van der Waals surface area contributed by atoms with Crippen molar-refractivity contribution in [1.29, 1.82) is 0 Å². The minimum Gasteiger partial charge on any atom is -0.497 e. The standard InChI is InChI=1S/C26H35N3O/c1-27-15-12-22(13-16-27)18-29(17-14-21-8-10-24(30-3)11-9-21)20-23-19-28(2)26-7-5-4-6-25(23)26/h4-11,19,22H,12-18,20H2,1-3H3. The van der Waals surface area contributed by atoms with Gasteiger partial charge in [0.25, 0.3) is 0 Å². The Morgan fingerprint density at radius 2 is 1.73 bits per heavy atom. The minimum absolute atomic E-state index is 0.798. The van der Waals surface area contributed by atoms with Gasteiger partial charge in [0.05, 0.1) is 7.11 Å². The molecule has 3 aromatic rings. The molecule has 1 saturated heterocycles. The number of fused-ring (bicyclic) bond motifs is 1. The monoisotopic (exact) mass is 405 g/mol. The number of likely N-dealkylation sites (tertiary alicyclic amines) is 1. The Hall–Kier alpha value is -2.30. The Balaban J connectivity index is 1.48. The predicted octanol–water partition coefficient (Wildman–Crippen LogP) is 4.57. The van der Waals surface area contributed by atoms with E-state index in [4.69, 9.17) is 4.74 Å². The van der Waals surface area contributed by atoms with E-state index in [0.29, 0.717) is 0 Å². The molecule has 0 aliphatic carbocycles. The number of rotatable bonds is 8. The molecule has 0 saturated carbocycles. The zero-order valence-corrected chi connectivity index (χ0v) is 18.7. The second-order valence-electron chi connectivity index (χ2n) is 8.86. The summed E-state index contributed by atoms with van der Waals surface area (Å²) in [6.07, 6.45) is 6.01. The first-order chi connectivity index (χ1) is 14.6. The third-order valence-electron chi connectivity index (χ3n) is 6.60. The molecule has 2 heterocycles. The lowest BCUT2D eigenvalue weighted by Crippen LogP contribution is -2.37. The SMILES string of the molecule is COc1ccc(CCN(Cc2cn(C)c3ccccc23)CC2CCN(C)CC2)cc1. The number of methoxy groups -OCH3 is 1. The molecule has 0 unspecified atom stereocenters. The van der Waals surface area contributed by atoms with Crippen molar-refractivity contribution in [3.05, 3.63) is 65.9 Å². The van der Waals surface area contributed by atoms with Gasteiger partial charge in [-0.1, -0.05) is 30.3 Å². The predicted molar refractivity (Wildman–Crippen MR) is 125 cm³/mol. The van der Waals surface area contributed by atoms with Crippen LogP contribution in [0, 0.1) is 5.92 Å². The van der Waals surface area contributed by atoms with Crippen LogP contribution in [0.2, 0.25) is 0 Å². The van der Waals surface area contributed by atoms with Crippen LogP contribution in [0.25, 0.3) is 10.9 Å². The normalized spacial score (nSPS) is 15.9. The zero-order valence-electron chi connectivity index (χ0n) is 18.7. The summed E-state index contributed by atoms with van der Waals surface area (Å²) >= 11 is 0. The van der Waals surface area contributed by atoms with Crippen molar-refractivity contribution >= 4 is 10.9 Å². The number of piperidine rings is 1. The second-order valence-corrected chi connectivity index (χ2v) is 8.86. The van der Waals surface area contributed by atoms with Crippen LogP contribution in [0.15, 0.2) is 54.7 Å². The van der Waals surface area contributed by atoms with E-state index in [2.05, 4.69) is 83.2 Å². The highest BCUT2D eigenvalue weighted by Crippen LogP contribution is 2.24. The van der Waals surface area contributed by atoms with Gasteiger partial charge in [-0.3, -0.25) is 4.90 Å². The minimum atomic E-state index is 0.798. The average molecular weight is 406 g/mol. The van der Waals surface area contributed by atoms with E-state index < -0.39 is 0 Å². The quantitative estimate of drug-likeness (QED) is 0.547. The van der Waals surface area contributed by atoms with Crippen LogP contribution in [-0.2, 0) is 20.0 Å². The van der Waals surface area contributed by atoms with Crippen molar-refractivity contribution in [2.45, 2.75) is 25.8 Å². The lowest BCUT2D eigenvalue weighted by atomic mass is 9.96. The summed E-state index contributed by atoms with van der Waals surface area (Å²) in [5.41, 5.74) is 4.14. The van der Waals surface area contributed by atoms with Gasteiger partial charge in [-0.05, 0) is 74.6 Å². The molecule has 4 rings (SSSR count). The van der Waals surface area contributed by atoms with Gasteiger partial charge < -0.3 is 14.2 Å². The topological polar surface area (TPSA) is 20.6 Å². The number of para-hydroxylation sites is 1. The molecule has 0 radical (unpaired) electrons. The Bertz CT molecular complexity index is 939. The molecule has 0 atom stereocenters. The summed E-state index contributed by atoms with van der Waals surface area (Å²) < 4.78 is 7.58. The van der Waals surface area contributed by atoms with Crippen LogP contribution in [0.5, 0.6) is 5.75 Å². The average Bonchev–Trinajstić information content (AvgIpc) is 3.09. The van der Waals surface area contributed by atoms with E-state index in [0.717, 1.165) is 31.2 Å². The molecule has 2 aromatic carbocycles. The highest BCUT2D eigenvalue weighted by molar-refractivity contribution is 5.83. The van der Waals surface area contributed by atoms with Gasteiger partial charge in [-0.15, -0.1) is 0 Å². The van der Waals surface area contributed by atoms with Gasteiger partial charge in [0.2, 0.25) is 0 Å². The Labute approximate surface area is 181 Å². The number of benzene rings is 2. The first-order valence-electron chi connectivity index (χ1n) is 11.2. The van der Waals surface area contributed by atoms with Crippen molar-refractivity contribution in [2.75, 3.05) is 40.3 Å². The van der Waals surface area contributed by atoms with Crippen LogP contribution in [0.3, 0.4) is 0 Å². The number of nitrogens with zero attached hydrogens (tertiary/aromatic N) is 3. The maximum absolute atomic E-state index is 5.31. The molecular formula is C26H35N3O. The number of aromatic nitrogens is 1. The van der Waals surface area contributed by atoms with E-state index >= 15 is 0 Å². The van der Waals surface area contributed by atoms with E-state index in [-0.39, 0.29) is 0 Å². The van der Waals surface area contributed by atoms with Crippen molar-refractivity contribution in [3.8, 4) is 5.75 Å². The summed E-state index contributed by atoms with van der Waals surface area (Å²) in [5, 5.41) is 1.39. The third kappa shape index (κ3) is 5.05. The molecule has 0 amide bonds. The van der Waals surface area contributed by atoms with E-state index in [9.17, 15) is 0 Å². The fourth-order valence-corrected chi connectivity index (χ4v) is 4.72. The molecule has 1 aliphatic rings. The molecule has 1 fully saturated rings. The fraction of sp³-hybridized carbons (Fsp3) is 0.462. The smallest absolute Gasteiger partial charge is 0.118 e. The van der Waals surface area contributed by atoms with Gasteiger partial charge >= 0.3 is 0 Å². The van der Waals surface area contributed by atoms with Crippen LogP contribution in [0.1, 0.15) is 24.0 Å². The maximum Gasteiger partial charge on any atom is 0.118 e. The summed E-state index contributed by atoms with van der Waals surface area (Å²) in [4.78, 5) is 5.14. The molecule has 4 nitrogen and oxygen atoms in total. The maximum atomic E-state index is 5.31. The van der Waals surface area contributed by atoms with E-state index in [1.54, 1.807) is 7.11 Å². The molecular weight excluding hydrogens is 370 g/mol. The molecule has 0 bridgehead atoms.